The molecule has 0 saturated carbocycles. The van der Waals surface area contributed by atoms with Crippen LogP contribution in [0.25, 0.3) is 0 Å². The molecule has 7 heteroatoms. The third kappa shape index (κ3) is 12.9. The third-order valence-corrected chi connectivity index (χ3v) is 3.20. The van der Waals surface area contributed by atoms with Crippen molar-refractivity contribution in [3.05, 3.63) is 24.3 Å². The number of ether oxygens (including phenoxy) is 6. The second-order valence-corrected chi connectivity index (χ2v) is 5.76. The summed E-state index contributed by atoms with van der Waals surface area (Å²) in [5.74, 6) is 0.681. The molecule has 1 aromatic rings. The Morgan fingerprint density at radius 3 is 1.65 bits per heavy atom. The summed E-state index contributed by atoms with van der Waals surface area (Å²) < 4.78 is 32.5. The van der Waals surface area contributed by atoms with Crippen molar-refractivity contribution >= 4 is 5.69 Å². The Hall–Kier alpha value is -1.38. The van der Waals surface area contributed by atoms with Crippen molar-refractivity contribution in [1.82, 2.24) is 0 Å². The normalized spacial score (nSPS) is 11.2. The van der Waals surface area contributed by atoms with Gasteiger partial charge in [-0.25, -0.2) is 0 Å². The summed E-state index contributed by atoms with van der Waals surface area (Å²) >= 11 is 0. The lowest BCUT2D eigenvalue weighted by Crippen LogP contribution is -2.15. The highest BCUT2D eigenvalue weighted by Crippen LogP contribution is 2.19. The molecular formula is C19H33NO6. The van der Waals surface area contributed by atoms with Crippen LogP contribution in [0.4, 0.5) is 5.69 Å². The van der Waals surface area contributed by atoms with Crippen LogP contribution >= 0.6 is 0 Å². The minimum Gasteiger partial charge on any atom is -0.489 e. The van der Waals surface area contributed by atoms with Gasteiger partial charge in [0.1, 0.15) is 12.4 Å². The summed E-state index contributed by atoms with van der Waals surface area (Å²) in [4.78, 5) is 0. The Bertz CT molecular complexity index is 444. The number of rotatable bonds is 17. The van der Waals surface area contributed by atoms with Gasteiger partial charge in [-0.05, 0) is 26.0 Å². The first-order valence-corrected chi connectivity index (χ1v) is 9.10. The minimum absolute atomic E-state index is 0.242. The zero-order valence-corrected chi connectivity index (χ0v) is 16.0. The highest BCUT2D eigenvalue weighted by Gasteiger charge is 1.98. The first-order chi connectivity index (χ1) is 12.7. The maximum atomic E-state index is 5.78. The summed E-state index contributed by atoms with van der Waals surface area (Å²) in [6.07, 6.45) is 0.242. The van der Waals surface area contributed by atoms with Gasteiger partial charge < -0.3 is 34.2 Å². The molecule has 2 N–H and O–H groups in total. The lowest BCUT2D eigenvalue weighted by molar-refractivity contribution is -0.0186. The fourth-order valence-electron chi connectivity index (χ4n) is 1.93. The Morgan fingerprint density at radius 1 is 0.692 bits per heavy atom. The van der Waals surface area contributed by atoms with Crippen molar-refractivity contribution in [2.24, 2.45) is 0 Å². The first kappa shape index (κ1) is 22.7. The van der Waals surface area contributed by atoms with E-state index in [0.29, 0.717) is 77.5 Å². The van der Waals surface area contributed by atoms with Gasteiger partial charge in [0, 0.05) is 0 Å². The molecule has 0 unspecified atom stereocenters. The van der Waals surface area contributed by atoms with Crippen molar-refractivity contribution in [2.75, 3.05) is 71.8 Å². The van der Waals surface area contributed by atoms with Gasteiger partial charge in [0.15, 0.2) is 0 Å². The molecule has 0 spiro atoms. The van der Waals surface area contributed by atoms with Crippen molar-refractivity contribution in [1.29, 1.82) is 0 Å². The van der Waals surface area contributed by atoms with Crippen molar-refractivity contribution in [3.63, 3.8) is 0 Å². The zero-order valence-electron chi connectivity index (χ0n) is 16.0. The molecule has 0 aliphatic rings. The van der Waals surface area contributed by atoms with Crippen LogP contribution in [0.1, 0.15) is 13.8 Å². The van der Waals surface area contributed by atoms with E-state index >= 15 is 0 Å². The van der Waals surface area contributed by atoms with E-state index in [1.165, 1.54) is 0 Å². The van der Waals surface area contributed by atoms with Crippen LogP contribution in [0.2, 0.25) is 0 Å². The highest BCUT2D eigenvalue weighted by atomic mass is 16.6. The molecule has 0 atom stereocenters. The first-order valence-electron chi connectivity index (χ1n) is 9.10. The van der Waals surface area contributed by atoms with E-state index in [2.05, 4.69) is 0 Å². The summed E-state index contributed by atoms with van der Waals surface area (Å²) in [5.41, 5.74) is 6.41. The summed E-state index contributed by atoms with van der Waals surface area (Å²) in [6, 6.07) is 7.40. The Kier molecular flexibility index (Phi) is 13.8. The highest BCUT2D eigenvalue weighted by molar-refractivity contribution is 5.51. The van der Waals surface area contributed by atoms with Crippen LogP contribution in [0.3, 0.4) is 0 Å². The molecule has 0 bridgehead atoms. The predicted molar refractivity (Wildman–Crippen MR) is 101 cm³/mol. The van der Waals surface area contributed by atoms with Gasteiger partial charge in [-0.1, -0.05) is 12.1 Å². The average Bonchev–Trinajstić information content (AvgIpc) is 2.62. The van der Waals surface area contributed by atoms with E-state index in [0.717, 1.165) is 0 Å². The topological polar surface area (TPSA) is 81.4 Å². The Morgan fingerprint density at radius 2 is 1.15 bits per heavy atom. The van der Waals surface area contributed by atoms with Crippen molar-refractivity contribution in [3.8, 4) is 5.75 Å². The molecule has 7 nitrogen and oxygen atoms in total. The molecule has 0 aliphatic carbocycles. The van der Waals surface area contributed by atoms with Crippen LogP contribution in [-0.4, -0.2) is 72.2 Å². The molecule has 1 aromatic carbocycles. The molecule has 0 amide bonds. The van der Waals surface area contributed by atoms with Crippen LogP contribution in [0.5, 0.6) is 5.75 Å². The average molecular weight is 371 g/mol. The van der Waals surface area contributed by atoms with Gasteiger partial charge in [-0.2, -0.15) is 0 Å². The van der Waals surface area contributed by atoms with E-state index in [1.54, 1.807) is 6.07 Å². The minimum atomic E-state index is 0.242. The van der Waals surface area contributed by atoms with E-state index in [4.69, 9.17) is 34.2 Å². The van der Waals surface area contributed by atoms with Crippen LogP contribution in [0, 0.1) is 0 Å². The fraction of sp³-hybridized carbons (Fsp3) is 0.684. The van der Waals surface area contributed by atoms with Gasteiger partial charge in [-0.15, -0.1) is 0 Å². The quantitative estimate of drug-likeness (QED) is 0.332. The Balaban J connectivity index is 1.75. The Labute approximate surface area is 156 Å². The monoisotopic (exact) mass is 371 g/mol. The van der Waals surface area contributed by atoms with Gasteiger partial charge in [-0.3, -0.25) is 0 Å². The smallest absolute Gasteiger partial charge is 0.142 e. The zero-order chi connectivity index (χ0) is 18.9. The SMILES string of the molecule is CC(C)OCCOCCOCCOCCOCCOc1ccccc1N. The molecule has 0 aliphatic heterocycles. The number of nitrogens with two attached hydrogens (primary N) is 1. The molecule has 0 saturated heterocycles. The van der Waals surface area contributed by atoms with Gasteiger partial charge >= 0.3 is 0 Å². The molecular weight excluding hydrogens is 338 g/mol. The van der Waals surface area contributed by atoms with E-state index in [1.807, 2.05) is 32.0 Å². The van der Waals surface area contributed by atoms with Gasteiger partial charge in [0.25, 0.3) is 0 Å². The number of hydrogen-bond acceptors (Lipinski definition) is 7. The molecule has 0 aromatic heterocycles. The maximum absolute atomic E-state index is 5.78. The lowest BCUT2D eigenvalue weighted by Gasteiger charge is -2.10. The number of hydrogen-bond donors (Lipinski definition) is 1. The van der Waals surface area contributed by atoms with E-state index in [-0.39, 0.29) is 6.10 Å². The molecule has 0 fully saturated rings. The molecule has 150 valence electrons. The number of para-hydroxylation sites is 2. The largest absolute Gasteiger partial charge is 0.489 e. The number of anilines is 1. The summed E-state index contributed by atoms with van der Waals surface area (Å²) in [7, 11) is 0. The van der Waals surface area contributed by atoms with Crippen LogP contribution in [-0.2, 0) is 23.7 Å². The molecule has 0 radical (unpaired) electrons. The van der Waals surface area contributed by atoms with Crippen molar-refractivity contribution in [2.45, 2.75) is 20.0 Å². The molecule has 26 heavy (non-hydrogen) atoms. The number of benzene rings is 1. The third-order valence-electron chi connectivity index (χ3n) is 3.20. The van der Waals surface area contributed by atoms with E-state index < -0.39 is 0 Å². The molecule has 0 heterocycles. The second kappa shape index (κ2) is 15.8. The van der Waals surface area contributed by atoms with Crippen LogP contribution in [0.15, 0.2) is 24.3 Å². The van der Waals surface area contributed by atoms with Crippen molar-refractivity contribution < 1.29 is 28.4 Å². The van der Waals surface area contributed by atoms with Crippen LogP contribution < -0.4 is 10.5 Å². The summed E-state index contributed by atoms with van der Waals surface area (Å²) in [5, 5.41) is 0. The fourth-order valence-corrected chi connectivity index (χ4v) is 1.93. The predicted octanol–water partition coefficient (Wildman–Crippen LogP) is 2.14. The van der Waals surface area contributed by atoms with Gasteiger partial charge in [0.05, 0.1) is 71.3 Å². The second-order valence-electron chi connectivity index (χ2n) is 5.76. The number of nitrogen functional groups attached to an aromatic ring is 1. The summed E-state index contributed by atoms with van der Waals surface area (Å²) in [6.45, 7) is 9.42. The van der Waals surface area contributed by atoms with Gasteiger partial charge in [0.2, 0.25) is 0 Å². The maximum Gasteiger partial charge on any atom is 0.142 e. The lowest BCUT2D eigenvalue weighted by atomic mass is 10.3. The molecule has 1 rings (SSSR count). The standard InChI is InChI=1S/C19H33NO6/c1-17(2)25-15-13-23-11-9-21-7-8-22-10-12-24-14-16-26-19-6-4-3-5-18(19)20/h3-6,17H,7-16,20H2,1-2H3. The van der Waals surface area contributed by atoms with E-state index in [9.17, 15) is 0 Å².